The molecule has 3 nitrogen and oxygen atoms in total. The summed E-state index contributed by atoms with van der Waals surface area (Å²) in [6, 6.07) is 0. The van der Waals surface area contributed by atoms with Crippen molar-refractivity contribution >= 4 is 5.97 Å². The van der Waals surface area contributed by atoms with Crippen molar-refractivity contribution in [2.24, 2.45) is 56.7 Å². The molecule has 0 aromatic carbocycles. The molecule has 0 spiro atoms. The number of hydrogen-bond acceptors (Lipinski definition) is 2. The second-order valence-corrected chi connectivity index (χ2v) is 15.0. The van der Waals surface area contributed by atoms with Gasteiger partial charge in [0.1, 0.15) is 0 Å². The summed E-state index contributed by atoms with van der Waals surface area (Å²) >= 11 is 0. The van der Waals surface area contributed by atoms with Crippen LogP contribution in [0, 0.1) is 56.7 Å². The Kier molecular flexibility index (Phi) is 4.58. The highest BCUT2D eigenvalue weighted by Crippen LogP contribution is 2.73. The standard InChI is InChI=1S/C30H46O3/c1-18-15-30(25(31)32)14-13-26(2,3)16-20(30)19-7-8-21-27(4)12-10-23-29(6,17-33-23)22(27)9-11-28(21,5)24(18)19/h7,18,20-24H,8-17H2,1-6H3,(H,31,32). The SMILES string of the molecule is CC1CC2(C(=O)O)CCC(C)(C)CC2C2=CCC3C(C)(CCC4C5(C)COC5CCC43C)C21. The molecular weight excluding hydrogens is 408 g/mol. The van der Waals surface area contributed by atoms with E-state index in [-0.39, 0.29) is 11.3 Å². The first-order valence-corrected chi connectivity index (χ1v) is 13.9. The number of rotatable bonds is 1. The van der Waals surface area contributed by atoms with E-state index in [1.165, 1.54) is 25.7 Å². The van der Waals surface area contributed by atoms with Gasteiger partial charge in [-0.2, -0.15) is 0 Å². The summed E-state index contributed by atoms with van der Waals surface area (Å²) in [4.78, 5) is 12.8. The third-order valence-corrected chi connectivity index (χ3v) is 12.8. The number of carboxylic acid groups (broad SMARTS) is 1. The molecule has 0 aromatic heterocycles. The van der Waals surface area contributed by atoms with Gasteiger partial charge in [-0.05, 0) is 104 Å². The molecule has 6 aliphatic rings. The van der Waals surface area contributed by atoms with Crippen LogP contribution >= 0.6 is 0 Å². The predicted octanol–water partition coefficient (Wildman–Crippen LogP) is 7.11. The second kappa shape index (κ2) is 6.68. The van der Waals surface area contributed by atoms with Crippen LogP contribution in [-0.2, 0) is 9.53 Å². The van der Waals surface area contributed by atoms with E-state index in [1.54, 1.807) is 5.57 Å². The second-order valence-electron chi connectivity index (χ2n) is 15.0. The van der Waals surface area contributed by atoms with Crippen molar-refractivity contribution < 1.29 is 14.6 Å². The zero-order chi connectivity index (χ0) is 23.6. The van der Waals surface area contributed by atoms with Gasteiger partial charge in [-0.25, -0.2) is 0 Å². The molecule has 184 valence electrons. The maximum Gasteiger partial charge on any atom is 0.310 e. The quantitative estimate of drug-likeness (QED) is 0.430. The maximum absolute atomic E-state index is 12.8. The first-order chi connectivity index (χ1) is 15.4. The van der Waals surface area contributed by atoms with Crippen LogP contribution in [0.3, 0.4) is 0 Å². The Morgan fingerprint density at radius 2 is 1.67 bits per heavy atom. The van der Waals surface area contributed by atoms with E-state index < -0.39 is 11.4 Å². The number of ether oxygens (including phenoxy) is 1. The molecule has 0 bridgehead atoms. The minimum Gasteiger partial charge on any atom is -0.481 e. The molecule has 1 N–H and O–H groups in total. The van der Waals surface area contributed by atoms with Crippen LogP contribution in [0.4, 0.5) is 0 Å². The van der Waals surface area contributed by atoms with Crippen LogP contribution in [0.1, 0.15) is 99.3 Å². The van der Waals surface area contributed by atoms with Crippen molar-refractivity contribution in [2.45, 2.75) is 105 Å². The van der Waals surface area contributed by atoms with Crippen molar-refractivity contribution in [1.82, 2.24) is 0 Å². The molecule has 1 heterocycles. The van der Waals surface area contributed by atoms with Crippen molar-refractivity contribution in [2.75, 3.05) is 6.61 Å². The number of allylic oxidation sites excluding steroid dienone is 2. The molecule has 4 saturated carbocycles. The van der Waals surface area contributed by atoms with Gasteiger partial charge in [-0.15, -0.1) is 0 Å². The Bertz CT molecular complexity index is 904. The summed E-state index contributed by atoms with van der Waals surface area (Å²) in [5, 5.41) is 10.5. The van der Waals surface area contributed by atoms with Crippen LogP contribution < -0.4 is 0 Å². The smallest absolute Gasteiger partial charge is 0.310 e. The lowest BCUT2D eigenvalue weighted by Gasteiger charge is -2.71. The third kappa shape index (κ3) is 2.70. The maximum atomic E-state index is 12.8. The summed E-state index contributed by atoms with van der Waals surface area (Å²) < 4.78 is 6.04. The fourth-order valence-electron chi connectivity index (χ4n) is 11.3. The molecule has 10 atom stereocenters. The van der Waals surface area contributed by atoms with E-state index in [9.17, 15) is 9.90 Å². The number of fused-ring (bicyclic) bond motifs is 9. The molecular formula is C30H46O3. The van der Waals surface area contributed by atoms with Gasteiger partial charge in [-0.1, -0.05) is 53.2 Å². The summed E-state index contributed by atoms with van der Waals surface area (Å²) in [7, 11) is 0. The largest absolute Gasteiger partial charge is 0.481 e. The molecule has 33 heavy (non-hydrogen) atoms. The number of hydrogen-bond donors (Lipinski definition) is 1. The predicted molar refractivity (Wildman–Crippen MR) is 131 cm³/mol. The average Bonchev–Trinajstić information content (AvgIpc) is 2.71. The molecule has 5 fully saturated rings. The van der Waals surface area contributed by atoms with Crippen LogP contribution in [0.2, 0.25) is 0 Å². The van der Waals surface area contributed by atoms with Crippen LogP contribution in [0.15, 0.2) is 11.6 Å². The van der Waals surface area contributed by atoms with E-state index in [4.69, 9.17) is 4.74 Å². The van der Waals surface area contributed by atoms with Gasteiger partial charge in [0.25, 0.3) is 0 Å². The van der Waals surface area contributed by atoms with Gasteiger partial charge in [0, 0.05) is 5.41 Å². The third-order valence-electron chi connectivity index (χ3n) is 12.8. The van der Waals surface area contributed by atoms with E-state index in [2.05, 4.69) is 47.6 Å². The zero-order valence-electron chi connectivity index (χ0n) is 21.9. The molecule has 1 aliphatic heterocycles. The van der Waals surface area contributed by atoms with Crippen molar-refractivity contribution in [3.8, 4) is 0 Å². The minimum absolute atomic E-state index is 0.233. The fraction of sp³-hybridized carbons (Fsp3) is 0.900. The number of aliphatic carboxylic acids is 1. The average molecular weight is 455 g/mol. The summed E-state index contributed by atoms with van der Waals surface area (Å²) in [5.74, 6) is 2.22. The highest BCUT2D eigenvalue weighted by atomic mass is 16.5. The number of carbonyl (C=O) groups is 1. The molecule has 1 saturated heterocycles. The Balaban J connectivity index is 1.42. The van der Waals surface area contributed by atoms with Crippen LogP contribution in [0.25, 0.3) is 0 Å². The van der Waals surface area contributed by atoms with E-state index in [0.717, 1.165) is 44.6 Å². The topological polar surface area (TPSA) is 46.5 Å². The van der Waals surface area contributed by atoms with Crippen molar-refractivity contribution in [3.63, 3.8) is 0 Å². The van der Waals surface area contributed by atoms with Gasteiger partial charge in [-0.3, -0.25) is 4.79 Å². The molecule has 0 radical (unpaired) electrons. The van der Waals surface area contributed by atoms with Gasteiger partial charge in [0.15, 0.2) is 0 Å². The molecule has 5 aliphatic carbocycles. The molecule has 6 rings (SSSR count). The molecule has 10 unspecified atom stereocenters. The lowest BCUT2D eigenvalue weighted by Crippen LogP contribution is -2.67. The van der Waals surface area contributed by atoms with Crippen LogP contribution in [0.5, 0.6) is 0 Å². The Morgan fingerprint density at radius 1 is 0.939 bits per heavy atom. The van der Waals surface area contributed by atoms with E-state index in [0.29, 0.717) is 40.1 Å². The van der Waals surface area contributed by atoms with E-state index in [1.807, 2.05) is 0 Å². The highest BCUT2D eigenvalue weighted by Gasteiger charge is 2.69. The van der Waals surface area contributed by atoms with Crippen LogP contribution in [-0.4, -0.2) is 23.8 Å². The molecule has 3 heteroatoms. The van der Waals surface area contributed by atoms with E-state index >= 15 is 0 Å². The number of carboxylic acids is 1. The first kappa shape index (κ1) is 22.6. The van der Waals surface area contributed by atoms with Gasteiger partial charge < -0.3 is 9.84 Å². The van der Waals surface area contributed by atoms with Gasteiger partial charge >= 0.3 is 5.97 Å². The molecule has 0 aromatic rings. The van der Waals surface area contributed by atoms with Gasteiger partial charge in [0.05, 0.1) is 18.1 Å². The normalized spacial score (nSPS) is 56.6. The molecule has 0 amide bonds. The monoisotopic (exact) mass is 454 g/mol. The lowest BCUT2D eigenvalue weighted by molar-refractivity contribution is -0.283. The summed E-state index contributed by atoms with van der Waals surface area (Å²) in [5.41, 5.74) is 2.34. The van der Waals surface area contributed by atoms with Crippen molar-refractivity contribution in [3.05, 3.63) is 11.6 Å². The summed E-state index contributed by atoms with van der Waals surface area (Å²) in [6.45, 7) is 15.9. The zero-order valence-corrected chi connectivity index (χ0v) is 21.9. The lowest BCUT2D eigenvalue weighted by atomic mass is 9.35. The van der Waals surface area contributed by atoms with Crippen molar-refractivity contribution in [1.29, 1.82) is 0 Å². The highest BCUT2D eigenvalue weighted by molar-refractivity contribution is 5.76. The van der Waals surface area contributed by atoms with Gasteiger partial charge in [0.2, 0.25) is 0 Å². The Hall–Kier alpha value is -0.830. The summed E-state index contributed by atoms with van der Waals surface area (Å²) in [6.07, 6.45) is 13.3. The Morgan fingerprint density at radius 3 is 2.33 bits per heavy atom. The minimum atomic E-state index is -0.531. The fourth-order valence-corrected chi connectivity index (χ4v) is 11.3. The first-order valence-electron chi connectivity index (χ1n) is 13.9. The Labute approximate surface area is 201 Å².